The van der Waals surface area contributed by atoms with Gasteiger partial charge in [-0.05, 0) is 61.4 Å². The Bertz CT molecular complexity index is 1520. The molecule has 0 unspecified atom stereocenters. The molecule has 0 saturated carbocycles. The molecule has 1 aliphatic heterocycles. The summed E-state index contributed by atoms with van der Waals surface area (Å²) in [6.45, 7) is 12.0. The highest BCUT2D eigenvalue weighted by atomic mass is 79.9. The molecule has 0 N–H and O–H groups in total. The molecule has 0 radical (unpaired) electrons. The summed E-state index contributed by atoms with van der Waals surface area (Å²) in [6, 6.07) is 10.2. The Morgan fingerprint density at radius 2 is 2.07 bits per heavy atom. The highest BCUT2D eigenvalue weighted by Crippen LogP contribution is 2.43. The number of terminal acetylenes is 1. The summed E-state index contributed by atoms with van der Waals surface area (Å²) in [4.78, 5) is 20.2. The van der Waals surface area contributed by atoms with Crippen LogP contribution in [-0.4, -0.2) is 40.8 Å². The average molecular weight is 655 g/mol. The number of allylic oxidation sites excluding steroid dienone is 3. The molecular formula is C32H36BrN3O3S2. The molecule has 1 aliphatic rings. The van der Waals surface area contributed by atoms with E-state index < -0.39 is 0 Å². The van der Waals surface area contributed by atoms with Gasteiger partial charge in [-0.25, -0.2) is 9.78 Å². The molecule has 0 fully saturated rings. The topological polar surface area (TPSA) is 56.6 Å². The van der Waals surface area contributed by atoms with Crippen molar-refractivity contribution in [2.24, 2.45) is 0 Å². The Balaban J connectivity index is 0.000000598. The fraction of sp³-hybridized carbons (Fsp3) is 0.312. The van der Waals surface area contributed by atoms with E-state index in [9.17, 15) is 4.79 Å². The normalized spacial score (nSPS) is 12.7. The number of benzene rings is 2. The summed E-state index contributed by atoms with van der Waals surface area (Å²) >= 11 is 7.00. The molecule has 5 rings (SSSR count). The standard InChI is InChI=1S/C25H24BrN3O3S2.C5H10.C2H2/c1-4-10-29-18-11-16(26)23-15(12-28(3)14-32-23)21(18)22(24(30)31-5-2)19(29)13-33-25-27-17-8-6-7-9-20(17)34-25;1-3-5-4-2;1-2/h4,6-9,11H,1,5,10,12-14H2,2-3H3;3,5H,4H2,1-2H3;1-2H/b;5-3-;. The van der Waals surface area contributed by atoms with Gasteiger partial charge in [-0.1, -0.05) is 49.0 Å². The number of fused-ring (bicyclic) bond motifs is 4. The Morgan fingerprint density at radius 1 is 1.32 bits per heavy atom. The lowest BCUT2D eigenvalue weighted by Crippen LogP contribution is -2.28. The number of ether oxygens (including phenoxy) is 2. The summed E-state index contributed by atoms with van der Waals surface area (Å²) in [5.74, 6) is 1.06. The molecule has 6 nitrogen and oxygen atoms in total. The molecule has 0 aliphatic carbocycles. The van der Waals surface area contributed by atoms with Crippen molar-refractivity contribution in [3.05, 3.63) is 76.4 Å². The SMILES string of the molecule is C#C.C/C=C\CC.C=CCn1c(CSc2nc3ccccc3s2)c(C(=O)OCC)c2c3c(c(Br)cc21)OCN(C)C3. The Morgan fingerprint density at radius 3 is 2.71 bits per heavy atom. The maximum Gasteiger partial charge on any atom is 0.340 e. The van der Waals surface area contributed by atoms with E-state index in [1.807, 2.05) is 51.2 Å². The van der Waals surface area contributed by atoms with Crippen molar-refractivity contribution in [2.75, 3.05) is 20.4 Å². The van der Waals surface area contributed by atoms with Gasteiger partial charge in [0.2, 0.25) is 0 Å². The number of esters is 1. The van der Waals surface area contributed by atoms with E-state index in [0.717, 1.165) is 53.4 Å². The van der Waals surface area contributed by atoms with Gasteiger partial charge in [0.25, 0.3) is 0 Å². The molecule has 0 amide bonds. The first-order chi connectivity index (χ1) is 19.9. The van der Waals surface area contributed by atoms with Crippen LogP contribution in [0.2, 0.25) is 0 Å². The molecule has 3 heterocycles. The van der Waals surface area contributed by atoms with Gasteiger partial charge in [-0.15, -0.1) is 30.8 Å². The zero-order chi connectivity index (χ0) is 29.9. The number of thioether (sulfide) groups is 1. The van der Waals surface area contributed by atoms with Crippen molar-refractivity contribution in [3.63, 3.8) is 0 Å². The molecule has 9 heteroatoms. The van der Waals surface area contributed by atoms with Gasteiger partial charge < -0.3 is 14.0 Å². The van der Waals surface area contributed by atoms with Gasteiger partial charge >= 0.3 is 5.97 Å². The van der Waals surface area contributed by atoms with Crippen molar-refractivity contribution in [1.82, 2.24) is 14.5 Å². The van der Waals surface area contributed by atoms with Crippen molar-refractivity contribution < 1.29 is 14.3 Å². The summed E-state index contributed by atoms with van der Waals surface area (Å²) < 4.78 is 16.7. The number of rotatable bonds is 8. The van der Waals surface area contributed by atoms with E-state index in [-0.39, 0.29) is 5.97 Å². The smallest absolute Gasteiger partial charge is 0.340 e. The minimum absolute atomic E-state index is 0.312. The lowest BCUT2D eigenvalue weighted by molar-refractivity contribution is 0.0527. The maximum absolute atomic E-state index is 13.4. The molecule has 41 heavy (non-hydrogen) atoms. The van der Waals surface area contributed by atoms with Crippen LogP contribution in [0.25, 0.3) is 21.1 Å². The second-order valence-electron chi connectivity index (χ2n) is 9.00. The van der Waals surface area contributed by atoms with Gasteiger partial charge in [0.05, 0.1) is 32.4 Å². The van der Waals surface area contributed by atoms with E-state index in [0.29, 0.717) is 37.7 Å². The van der Waals surface area contributed by atoms with E-state index in [4.69, 9.17) is 14.5 Å². The molecular weight excluding hydrogens is 618 g/mol. The van der Waals surface area contributed by atoms with Crippen LogP contribution in [0.3, 0.4) is 0 Å². The molecule has 4 aromatic rings. The number of thiazole rings is 1. The highest BCUT2D eigenvalue weighted by Gasteiger charge is 2.30. The lowest BCUT2D eigenvalue weighted by Gasteiger charge is -2.27. The first-order valence-electron chi connectivity index (χ1n) is 13.3. The van der Waals surface area contributed by atoms with Gasteiger partial charge in [-0.3, -0.25) is 4.90 Å². The third-order valence-electron chi connectivity index (χ3n) is 6.19. The second-order valence-corrected chi connectivity index (χ2v) is 12.1. The predicted octanol–water partition coefficient (Wildman–Crippen LogP) is 8.67. The van der Waals surface area contributed by atoms with Crippen molar-refractivity contribution in [2.45, 2.75) is 50.4 Å². The van der Waals surface area contributed by atoms with Gasteiger partial charge in [0.15, 0.2) is 4.34 Å². The predicted molar refractivity (Wildman–Crippen MR) is 177 cm³/mol. The van der Waals surface area contributed by atoms with Crippen molar-refractivity contribution >= 4 is 66.1 Å². The quantitative estimate of drug-likeness (QED) is 0.0821. The van der Waals surface area contributed by atoms with Crippen LogP contribution in [0.15, 0.2) is 64.0 Å². The number of aromatic nitrogens is 2. The Labute approximate surface area is 259 Å². The van der Waals surface area contributed by atoms with Gasteiger partial charge in [0, 0.05) is 35.5 Å². The number of halogens is 1. The molecule has 216 valence electrons. The average Bonchev–Trinajstić information content (AvgIpc) is 3.53. The highest BCUT2D eigenvalue weighted by molar-refractivity contribution is 9.10. The van der Waals surface area contributed by atoms with E-state index in [1.165, 1.54) is 0 Å². The maximum atomic E-state index is 13.4. The summed E-state index contributed by atoms with van der Waals surface area (Å²) in [5, 5.41) is 0.893. The summed E-state index contributed by atoms with van der Waals surface area (Å²) in [5.41, 5.74) is 4.47. The number of hydrogen-bond donors (Lipinski definition) is 0. The summed E-state index contributed by atoms with van der Waals surface area (Å²) in [6.07, 6.45) is 15.2. The first-order valence-corrected chi connectivity index (χ1v) is 15.9. The molecule has 2 aromatic heterocycles. The Kier molecular flexibility index (Phi) is 12.5. The second kappa shape index (κ2) is 15.8. The van der Waals surface area contributed by atoms with Crippen LogP contribution in [0.5, 0.6) is 5.75 Å². The van der Waals surface area contributed by atoms with E-state index in [1.54, 1.807) is 23.1 Å². The fourth-order valence-electron chi connectivity index (χ4n) is 4.57. The fourth-order valence-corrected chi connectivity index (χ4v) is 7.25. The third kappa shape index (κ3) is 7.44. The zero-order valence-electron chi connectivity index (χ0n) is 24.0. The number of nitrogens with zero attached hydrogens (tertiary/aromatic N) is 3. The van der Waals surface area contributed by atoms with Crippen LogP contribution in [-0.2, 0) is 23.6 Å². The number of para-hydroxylation sites is 1. The van der Waals surface area contributed by atoms with Crippen LogP contribution < -0.4 is 4.74 Å². The van der Waals surface area contributed by atoms with Crippen LogP contribution >= 0.6 is 39.0 Å². The van der Waals surface area contributed by atoms with Crippen molar-refractivity contribution in [1.29, 1.82) is 0 Å². The van der Waals surface area contributed by atoms with Gasteiger partial charge in [0.1, 0.15) is 12.5 Å². The van der Waals surface area contributed by atoms with Crippen LogP contribution in [0.4, 0.5) is 0 Å². The number of carbonyl (C=O) groups is 1. The third-order valence-corrected chi connectivity index (χ3v) is 8.97. The molecule has 2 aromatic carbocycles. The van der Waals surface area contributed by atoms with Gasteiger partial charge in [-0.2, -0.15) is 0 Å². The minimum Gasteiger partial charge on any atom is -0.477 e. The largest absolute Gasteiger partial charge is 0.477 e. The first kappa shape index (κ1) is 32.5. The minimum atomic E-state index is -0.312. The van der Waals surface area contributed by atoms with Crippen LogP contribution in [0, 0.1) is 12.8 Å². The Hall–Kier alpha value is -3.03. The molecule has 0 saturated heterocycles. The van der Waals surface area contributed by atoms with Crippen LogP contribution in [0.1, 0.15) is 48.8 Å². The lowest BCUT2D eigenvalue weighted by atomic mass is 10.0. The van der Waals surface area contributed by atoms with E-state index in [2.05, 4.69) is 70.0 Å². The number of carbonyl (C=O) groups excluding carboxylic acids is 1. The van der Waals surface area contributed by atoms with Crippen molar-refractivity contribution in [3.8, 4) is 18.6 Å². The summed E-state index contributed by atoms with van der Waals surface area (Å²) in [7, 11) is 2.00. The monoisotopic (exact) mass is 653 g/mol. The molecule has 0 bridgehead atoms. The van der Waals surface area contributed by atoms with E-state index >= 15 is 0 Å². The zero-order valence-corrected chi connectivity index (χ0v) is 27.2. The molecule has 0 atom stereocenters. The molecule has 0 spiro atoms. The number of hydrogen-bond acceptors (Lipinski definition) is 7.